The van der Waals surface area contributed by atoms with Crippen molar-refractivity contribution >= 4 is 5.82 Å². The second-order valence-corrected chi connectivity index (χ2v) is 3.20. The van der Waals surface area contributed by atoms with E-state index < -0.39 is 0 Å². The predicted octanol–water partition coefficient (Wildman–Crippen LogP) is 1.97. The van der Waals surface area contributed by atoms with E-state index in [9.17, 15) is 0 Å². The van der Waals surface area contributed by atoms with E-state index >= 15 is 0 Å². The van der Waals surface area contributed by atoms with Crippen LogP contribution in [0, 0.1) is 17.2 Å². The first-order chi connectivity index (χ1) is 6.79. The summed E-state index contributed by atoms with van der Waals surface area (Å²) in [6.07, 6.45) is 5.42. The maximum atomic E-state index is 8.56. The van der Waals surface area contributed by atoms with Crippen LogP contribution in [-0.4, -0.2) is 9.55 Å². The fourth-order valence-electron chi connectivity index (χ4n) is 1.49. The summed E-state index contributed by atoms with van der Waals surface area (Å²) in [4.78, 5) is 3.93. The van der Waals surface area contributed by atoms with E-state index in [-0.39, 0.29) is 5.92 Å². The fourth-order valence-corrected chi connectivity index (χ4v) is 1.49. The Morgan fingerprint density at radius 2 is 2.21 bits per heavy atom. The van der Waals surface area contributed by atoms with E-state index in [2.05, 4.69) is 11.1 Å². The van der Waals surface area contributed by atoms with E-state index in [1.165, 1.54) is 0 Å². The minimum Gasteiger partial charge on any atom is -0.382 e. The van der Waals surface area contributed by atoms with Gasteiger partial charge in [0.05, 0.1) is 18.3 Å². The number of aromatic nitrogens is 2. The summed E-state index contributed by atoms with van der Waals surface area (Å²) in [6, 6.07) is 2.69. The Kier molecular flexibility index (Phi) is 3.52. The summed E-state index contributed by atoms with van der Waals surface area (Å²) in [7, 11) is 0. The molecule has 4 nitrogen and oxygen atoms in total. The Bertz CT molecular complexity index is 317. The van der Waals surface area contributed by atoms with Gasteiger partial charge in [-0.05, 0) is 12.8 Å². The van der Waals surface area contributed by atoms with Crippen LogP contribution in [0.25, 0.3) is 0 Å². The predicted molar refractivity (Wildman–Crippen MR) is 55.4 cm³/mol. The molecule has 1 fully saturated rings. The van der Waals surface area contributed by atoms with Crippen LogP contribution in [-0.2, 0) is 0 Å². The molecule has 0 spiro atoms. The van der Waals surface area contributed by atoms with E-state index in [4.69, 9.17) is 11.0 Å². The average molecular weight is 192 g/mol. The molecule has 1 aromatic heterocycles. The minimum atomic E-state index is 0.235. The number of nitriles is 1. The maximum absolute atomic E-state index is 8.56. The first kappa shape index (κ1) is 10.6. The van der Waals surface area contributed by atoms with Gasteiger partial charge < -0.3 is 10.3 Å². The van der Waals surface area contributed by atoms with Crippen molar-refractivity contribution < 1.29 is 0 Å². The number of hydrogen-bond acceptors (Lipinski definition) is 3. The molecular weight excluding hydrogens is 176 g/mol. The highest BCUT2D eigenvalue weighted by molar-refractivity contribution is 5.23. The van der Waals surface area contributed by atoms with Crippen LogP contribution in [0.15, 0.2) is 12.5 Å². The summed E-state index contributed by atoms with van der Waals surface area (Å²) in [6.45, 7) is 4.00. The van der Waals surface area contributed by atoms with Crippen molar-refractivity contribution in [3.05, 3.63) is 12.5 Å². The third-order valence-corrected chi connectivity index (χ3v) is 2.34. The third-order valence-electron chi connectivity index (χ3n) is 2.34. The standard InChI is InChI=1S/C8H10N4.C2H6/c9-3-6-1-7(2-6)12-4-8(10)11-5-12;1-2/h4-7H,1-2,10H2;1-2H3. The molecule has 2 N–H and O–H groups in total. The topological polar surface area (TPSA) is 67.6 Å². The molecule has 1 aromatic rings. The van der Waals surface area contributed by atoms with Crippen LogP contribution in [0.2, 0.25) is 0 Å². The molecule has 1 heterocycles. The van der Waals surface area contributed by atoms with E-state index in [0.29, 0.717) is 11.9 Å². The van der Waals surface area contributed by atoms with E-state index in [1.807, 2.05) is 24.6 Å². The molecule has 1 saturated carbocycles. The van der Waals surface area contributed by atoms with Crippen molar-refractivity contribution in [1.82, 2.24) is 9.55 Å². The fraction of sp³-hybridized carbons (Fsp3) is 0.600. The molecule has 0 saturated heterocycles. The highest BCUT2D eigenvalue weighted by Gasteiger charge is 2.29. The zero-order valence-corrected chi connectivity index (χ0v) is 8.64. The summed E-state index contributed by atoms with van der Waals surface area (Å²) >= 11 is 0. The lowest BCUT2D eigenvalue weighted by Crippen LogP contribution is -2.24. The van der Waals surface area contributed by atoms with Crippen LogP contribution < -0.4 is 5.73 Å². The lowest BCUT2D eigenvalue weighted by atomic mass is 9.81. The Labute approximate surface area is 84.4 Å². The van der Waals surface area contributed by atoms with Gasteiger partial charge in [0, 0.05) is 12.2 Å². The van der Waals surface area contributed by atoms with Gasteiger partial charge in [-0.2, -0.15) is 5.26 Å². The molecular formula is C10H16N4. The molecule has 0 radical (unpaired) electrons. The van der Waals surface area contributed by atoms with E-state index in [1.54, 1.807) is 6.33 Å². The van der Waals surface area contributed by atoms with Crippen LogP contribution in [0.5, 0.6) is 0 Å². The largest absolute Gasteiger partial charge is 0.382 e. The van der Waals surface area contributed by atoms with E-state index in [0.717, 1.165) is 12.8 Å². The van der Waals surface area contributed by atoms with Crippen LogP contribution >= 0.6 is 0 Å². The Morgan fingerprint density at radius 3 is 2.64 bits per heavy atom. The zero-order valence-electron chi connectivity index (χ0n) is 8.64. The monoisotopic (exact) mass is 192 g/mol. The lowest BCUT2D eigenvalue weighted by Gasteiger charge is -2.31. The van der Waals surface area contributed by atoms with Gasteiger partial charge in [0.15, 0.2) is 0 Å². The Balaban J connectivity index is 0.000000461. The Hall–Kier alpha value is -1.50. The number of anilines is 1. The van der Waals surface area contributed by atoms with Crippen LogP contribution in [0.4, 0.5) is 5.82 Å². The number of imidazole rings is 1. The smallest absolute Gasteiger partial charge is 0.141 e. The molecule has 0 atom stereocenters. The molecule has 0 amide bonds. The molecule has 0 aliphatic heterocycles. The molecule has 1 aliphatic rings. The SMILES string of the molecule is CC.N#CC1CC(n2cnc(N)c2)C1. The summed E-state index contributed by atoms with van der Waals surface area (Å²) in [5.74, 6) is 0.786. The normalized spacial score (nSPS) is 24.1. The van der Waals surface area contributed by atoms with Crippen molar-refractivity contribution in [3.63, 3.8) is 0 Å². The van der Waals surface area contributed by atoms with Crippen molar-refractivity contribution in [3.8, 4) is 6.07 Å². The van der Waals surface area contributed by atoms with Gasteiger partial charge in [-0.3, -0.25) is 0 Å². The van der Waals surface area contributed by atoms with Crippen molar-refractivity contribution in [2.24, 2.45) is 5.92 Å². The van der Waals surface area contributed by atoms with Crippen molar-refractivity contribution in [2.75, 3.05) is 5.73 Å². The van der Waals surface area contributed by atoms with Gasteiger partial charge in [0.25, 0.3) is 0 Å². The van der Waals surface area contributed by atoms with Crippen molar-refractivity contribution in [2.45, 2.75) is 32.7 Å². The summed E-state index contributed by atoms with van der Waals surface area (Å²) in [5.41, 5.74) is 5.47. The summed E-state index contributed by atoms with van der Waals surface area (Å²) in [5, 5.41) is 8.56. The van der Waals surface area contributed by atoms with Gasteiger partial charge in [0.1, 0.15) is 5.82 Å². The average Bonchev–Trinajstić information content (AvgIpc) is 2.54. The maximum Gasteiger partial charge on any atom is 0.141 e. The number of nitrogen functional groups attached to an aromatic ring is 1. The molecule has 0 aromatic carbocycles. The second kappa shape index (κ2) is 4.66. The Morgan fingerprint density at radius 1 is 1.57 bits per heavy atom. The van der Waals surface area contributed by atoms with Crippen molar-refractivity contribution in [1.29, 1.82) is 5.26 Å². The molecule has 76 valence electrons. The molecule has 0 unspecified atom stereocenters. The molecule has 2 rings (SSSR count). The van der Waals surface area contributed by atoms with Crippen LogP contribution in [0.1, 0.15) is 32.7 Å². The van der Waals surface area contributed by atoms with Gasteiger partial charge in [-0.15, -0.1) is 0 Å². The third kappa shape index (κ3) is 2.05. The lowest BCUT2D eigenvalue weighted by molar-refractivity contribution is 0.248. The first-order valence-corrected chi connectivity index (χ1v) is 4.98. The van der Waals surface area contributed by atoms with Gasteiger partial charge in [0.2, 0.25) is 0 Å². The number of nitrogens with two attached hydrogens (primary N) is 1. The molecule has 1 aliphatic carbocycles. The molecule has 4 heteroatoms. The number of nitrogens with zero attached hydrogens (tertiary/aromatic N) is 3. The first-order valence-electron chi connectivity index (χ1n) is 4.98. The molecule has 14 heavy (non-hydrogen) atoms. The van der Waals surface area contributed by atoms with Gasteiger partial charge in [-0.25, -0.2) is 4.98 Å². The van der Waals surface area contributed by atoms with Crippen LogP contribution in [0.3, 0.4) is 0 Å². The summed E-state index contributed by atoms with van der Waals surface area (Å²) < 4.78 is 1.99. The molecule has 0 bridgehead atoms. The van der Waals surface area contributed by atoms with Gasteiger partial charge >= 0.3 is 0 Å². The highest BCUT2D eigenvalue weighted by atomic mass is 15.1. The zero-order chi connectivity index (χ0) is 10.6. The second-order valence-electron chi connectivity index (χ2n) is 3.20. The quantitative estimate of drug-likeness (QED) is 0.739. The van der Waals surface area contributed by atoms with Gasteiger partial charge in [-0.1, -0.05) is 13.8 Å². The number of hydrogen-bond donors (Lipinski definition) is 1. The highest BCUT2D eigenvalue weighted by Crippen LogP contribution is 2.37. The minimum absolute atomic E-state index is 0.235. The number of rotatable bonds is 1.